The van der Waals surface area contributed by atoms with E-state index in [2.05, 4.69) is 5.32 Å². The van der Waals surface area contributed by atoms with Gasteiger partial charge in [-0.1, -0.05) is 36.4 Å². The quantitative estimate of drug-likeness (QED) is 0.896. The van der Waals surface area contributed by atoms with E-state index in [0.29, 0.717) is 18.0 Å². The van der Waals surface area contributed by atoms with Gasteiger partial charge in [0.1, 0.15) is 0 Å². The zero-order valence-corrected chi connectivity index (χ0v) is 11.6. The summed E-state index contributed by atoms with van der Waals surface area (Å²) in [6, 6.07) is 13.5. The van der Waals surface area contributed by atoms with Gasteiger partial charge in [0.2, 0.25) is 0 Å². The van der Waals surface area contributed by atoms with Crippen molar-refractivity contribution in [3.05, 3.63) is 48.0 Å². The number of aliphatic hydroxyl groups is 1. The Balaban J connectivity index is 1.79. The smallest absolute Gasteiger partial charge is 0.252 e. The topological polar surface area (TPSA) is 49.3 Å². The van der Waals surface area contributed by atoms with Gasteiger partial charge in [-0.2, -0.15) is 0 Å². The molecule has 1 saturated carbocycles. The van der Waals surface area contributed by atoms with Gasteiger partial charge in [0.25, 0.3) is 5.91 Å². The molecular formula is C17H19NO2. The highest BCUT2D eigenvalue weighted by atomic mass is 16.3. The third-order valence-electron chi connectivity index (χ3n) is 4.10. The molecule has 3 heteroatoms. The summed E-state index contributed by atoms with van der Waals surface area (Å²) in [5.74, 6) is 0.207. The van der Waals surface area contributed by atoms with Gasteiger partial charge < -0.3 is 10.4 Å². The molecule has 3 rings (SSSR count). The maximum absolute atomic E-state index is 12.3. The molecule has 1 atom stereocenters. The summed E-state index contributed by atoms with van der Waals surface area (Å²) in [4.78, 5) is 12.3. The molecule has 104 valence electrons. The molecule has 1 aliphatic rings. The lowest BCUT2D eigenvalue weighted by molar-refractivity contribution is 0.0354. The predicted molar refractivity (Wildman–Crippen MR) is 79.6 cm³/mol. The molecule has 20 heavy (non-hydrogen) atoms. The summed E-state index contributed by atoms with van der Waals surface area (Å²) in [6.45, 7) is 2.10. The standard InChI is InChI=1S/C17H19NO2/c1-17(20,13-9-10-13)11-18-16(19)15-8-4-6-12-5-2-3-7-14(12)15/h2-8,13,20H,9-11H2,1H3,(H,18,19)/t17-/m1/s1. The molecule has 2 aromatic rings. The van der Waals surface area contributed by atoms with Crippen LogP contribution in [0.1, 0.15) is 30.1 Å². The molecule has 0 bridgehead atoms. The fraction of sp³-hybridized carbons (Fsp3) is 0.353. The Morgan fingerprint density at radius 3 is 2.70 bits per heavy atom. The Morgan fingerprint density at radius 2 is 1.95 bits per heavy atom. The number of carbonyl (C=O) groups is 1. The van der Waals surface area contributed by atoms with Crippen molar-refractivity contribution in [2.24, 2.45) is 5.92 Å². The molecule has 3 nitrogen and oxygen atoms in total. The van der Waals surface area contributed by atoms with E-state index in [1.165, 1.54) is 0 Å². The third-order valence-corrected chi connectivity index (χ3v) is 4.10. The number of rotatable bonds is 4. The van der Waals surface area contributed by atoms with Gasteiger partial charge in [0.05, 0.1) is 5.60 Å². The molecule has 2 N–H and O–H groups in total. The lowest BCUT2D eigenvalue weighted by Crippen LogP contribution is -2.42. The highest BCUT2D eigenvalue weighted by molar-refractivity contribution is 6.07. The van der Waals surface area contributed by atoms with Crippen molar-refractivity contribution in [1.82, 2.24) is 5.32 Å². The molecule has 1 fully saturated rings. The van der Waals surface area contributed by atoms with E-state index in [9.17, 15) is 9.90 Å². The van der Waals surface area contributed by atoms with Gasteiger partial charge in [-0.05, 0) is 42.5 Å². The van der Waals surface area contributed by atoms with Gasteiger partial charge in [0.15, 0.2) is 0 Å². The minimum absolute atomic E-state index is 0.122. The number of nitrogens with one attached hydrogen (secondary N) is 1. The van der Waals surface area contributed by atoms with Crippen molar-refractivity contribution in [3.8, 4) is 0 Å². The first-order chi connectivity index (χ1) is 9.58. The monoisotopic (exact) mass is 269 g/mol. The van der Waals surface area contributed by atoms with Crippen LogP contribution in [0, 0.1) is 5.92 Å². The summed E-state index contributed by atoms with van der Waals surface area (Å²) < 4.78 is 0. The number of fused-ring (bicyclic) bond motifs is 1. The number of hydrogen-bond acceptors (Lipinski definition) is 2. The van der Waals surface area contributed by atoms with E-state index in [0.717, 1.165) is 23.6 Å². The minimum atomic E-state index is -0.791. The van der Waals surface area contributed by atoms with E-state index in [-0.39, 0.29) is 5.91 Å². The fourth-order valence-corrected chi connectivity index (χ4v) is 2.63. The average molecular weight is 269 g/mol. The highest BCUT2D eigenvalue weighted by Gasteiger charge is 2.39. The molecular weight excluding hydrogens is 250 g/mol. The van der Waals surface area contributed by atoms with Gasteiger partial charge >= 0.3 is 0 Å². The first kappa shape index (κ1) is 13.1. The molecule has 2 aromatic carbocycles. The summed E-state index contributed by atoms with van der Waals surface area (Å²) >= 11 is 0. The molecule has 0 saturated heterocycles. The molecule has 0 heterocycles. The normalized spacial score (nSPS) is 17.7. The van der Waals surface area contributed by atoms with Crippen LogP contribution in [-0.2, 0) is 0 Å². The Morgan fingerprint density at radius 1 is 1.25 bits per heavy atom. The van der Waals surface area contributed by atoms with Crippen LogP contribution in [0.3, 0.4) is 0 Å². The Kier molecular flexibility index (Phi) is 3.22. The molecule has 0 aliphatic heterocycles. The molecule has 0 unspecified atom stereocenters. The fourth-order valence-electron chi connectivity index (χ4n) is 2.63. The maximum Gasteiger partial charge on any atom is 0.252 e. The molecule has 0 aromatic heterocycles. The second-order valence-corrected chi connectivity index (χ2v) is 5.84. The molecule has 0 radical (unpaired) electrons. The van der Waals surface area contributed by atoms with E-state index in [1.807, 2.05) is 42.5 Å². The van der Waals surface area contributed by atoms with Crippen LogP contribution in [0.25, 0.3) is 10.8 Å². The lowest BCUT2D eigenvalue weighted by atomic mass is 10.00. The van der Waals surface area contributed by atoms with Crippen LogP contribution in [0.4, 0.5) is 0 Å². The maximum atomic E-state index is 12.3. The number of carbonyl (C=O) groups excluding carboxylic acids is 1. The van der Waals surface area contributed by atoms with E-state index < -0.39 is 5.60 Å². The zero-order chi connectivity index (χ0) is 14.2. The van der Waals surface area contributed by atoms with Crippen LogP contribution in [-0.4, -0.2) is 23.2 Å². The van der Waals surface area contributed by atoms with Crippen LogP contribution >= 0.6 is 0 Å². The number of benzene rings is 2. The number of amides is 1. The average Bonchev–Trinajstić information content (AvgIpc) is 3.29. The van der Waals surface area contributed by atoms with Gasteiger partial charge in [-0.25, -0.2) is 0 Å². The van der Waals surface area contributed by atoms with Crippen molar-refractivity contribution in [2.45, 2.75) is 25.4 Å². The first-order valence-corrected chi connectivity index (χ1v) is 7.06. The third kappa shape index (κ3) is 2.54. The zero-order valence-electron chi connectivity index (χ0n) is 11.6. The van der Waals surface area contributed by atoms with Crippen molar-refractivity contribution >= 4 is 16.7 Å². The van der Waals surface area contributed by atoms with Crippen molar-refractivity contribution in [1.29, 1.82) is 0 Å². The lowest BCUT2D eigenvalue weighted by Gasteiger charge is -2.23. The Bertz CT molecular complexity index is 639. The molecule has 0 spiro atoms. The van der Waals surface area contributed by atoms with Crippen molar-refractivity contribution in [3.63, 3.8) is 0 Å². The van der Waals surface area contributed by atoms with E-state index in [4.69, 9.17) is 0 Å². The summed E-state index contributed by atoms with van der Waals surface area (Å²) in [5, 5.41) is 15.1. The summed E-state index contributed by atoms with van der Waals surface area (Å²) in [6.07, 6.45) is 2.11. The van der Waals surface area contributed by atoms with Gasteiger partial charge in [0, 0.05) is 12.1 Å². The first-order valence-electron chi connectivity index (χ1n) is 7.06. The SMILES string of the molecule is C[C@@](O)(CNC(=O)c1cccc2ccccc12)C1CC1. The Hall–Kier alpha value is -1.87. The second-order valence-electron chi connectivity index (χ2n) is 5.84. The molecule has 1 aliphatic carbocycles. The van der Waals surface area contributed by atoms with Crippen LogP contribution in [0.2, 0.25) is 0 Å². The van der Waals surface area contributed by atoms with Crippen LogP contribution in [0.15, 0.2) is 42.5 Å². The minimum Gasteiger partial charge on any atom is -0.388 e. The Labute approximate surface area is 118 Å². The van der Waals surface area contributed by atoms with Crippen LogP contribution < -0.4 is 5.32 Å². The van der Waals surface area contributed by atoms with Crippen molar-refractivity contribution in [2.75, 3.05) is 6.54 Å². The molecule has 1 amide bonds. The summed E-state index contributed by atoms with van der Waals surface area (Å²) in [5.41, 5.74) is -0.130. The van der Waals surface area contributed by atoms with Crippen molar-refractivity contribution < 1.29 is 9.90 Å². The van der Waals surface area contributed by atoms with Gasteiger partial charge in [-0.15, -0.1) is 0 Å². The van der Waals surface area contributed by atoms with E-state index in [1.54, 1.807) is 6.92 Å². The van der Waals surface area contributed by atoms with Crippen LogP contribution in [0.5, 0.6) is 0 Å². The largest absolute Gasteiger partial charge is 0.388 e. The number of hydrogen-bond donors (Lipinski definition) is 2. The van der Waals surface area contributed by atoms with E-state index >= 15 is 0 Å². The highest BCUT2D eigenvalue weighted by Crippen LogP contribution is 2.39. The van der Waals surface area contributed by atoms with Gasteiger partial charge in [-0.3, -0.25) is 4.79 Å². The summed E-state index contributed by atoms with van der Waals surface area (Å²) in [7, 11) is 0. The second kappa shape index (κ2) is 4.91. The predicted octanol–water partition coefficient (Wildman–Crippen LogP) is 2.73.